The lowest BCUT2D eigenvalue weighted by Gasteiger charge is -2.16. The Morgan fingerprint density at radius 1 is 1.41 bits per heavy atom. The first-order valence-corrected chi connectivity index (χ1v) is 6.25. The minimum Gasteiger partial charge on any atom is -0.374 e. The van der Waals surface area contributed by atoms with Crippen LogP contribution in [0.3, 0.4) is 0 Å². The molecule has 0 aromatic heterocycles. The van der Waals surface area contributed by atoms with Crippen molar-refractivity contribution < 1.29 is 9.66 Å². The summed E-state index contributed by atoms with van der Waals surface area (Å²) in [6.45, 7) is 6.55. The zero-order chi connectivity index (χ0) is 13.0. The lowest BCUT2D eigenvalue weighted by atomic mass is 10.1. The molecule has 0 radical (unpaired) electrons. The molecule has 0 aliphatic heterocycles. The van der Waals surface area contributed by atoms with Crippen LogP contribution in [0.15, 0.2) is 22.7 Å². The molecule has 4 nitrogen and oxygen atoms in total. The number of nitrogens with zero attached hydrogens (tertiary/aromatic N) is 1. The molecule has 0 fully saturated rings. The summed E-state index contributed by atoms with van der Waals surface area (Å²) < 4.78 is 6.12. The van der Waals surface area contributed by atoms with Crippen molar-refractivity contribution >= 4 is 21.6 Å². The molecule has 17 heavy (non-hydrogen) atoms. The van der Waals surface area contributed by atoms with Crippen molar-refractivity contribution in [3.05, 3.63) is 38.3 Å². The smallest absolute Gasteiger partial charge is 0.283 e. The van der Waals surface area contributed by atoms with Gasteiger partial charge in [0.2, 0.25) is 0 Å². The van der Waals surface area contributed by atoms with E-state index in [1.165, 1.54) is 6.07 Å². The van der Waals surface area contributed by atoms with E-state index in [1.54, 1.807) is 6.07 Å². The SMILES string of the molecule is CC(C)C(C)OCc1ccc(Br)c([N+](=O)[O-])c1. The first kappa shape index (κ1) is 14.1. The monoisotopic (exact) mass is 301 g/mol. The van der Waals surface area contributed by atoms with Crippen molar-refractivity contribution in [3.63, 3.8) is 0 Å². The number of ether oxygens (including phenoxy) is 1. The molecule has 0 spiro atoms. The minimum atomic E-state index is -0.403. The van der Waals surface area contributed by atoms with Gasteiger partial charge in [0.15, 0.2) is 0 Å². The van der Waals surface area contributed by atoms with Crippen molar-refractivity contribution in [2.75, 3.05) is 0 Å². The molecule has 0 aliphatic carbocycles. The second-order valence-electron chi connectivity index (χ2n) is 4.30. The number of rotatable bonds is 5. The van der Waals surface area contributed by atoms with E-state index in [2.05, 4.69) is 29.8 Å². The van der Waals surface area contributed by atoms with Crippen LogP contribution in [0.1, 0.15) is 26.3 Å². The van der Waals surface area contributed by atoms with Crippen LogP contribution < -0.4 is 0 Å². The molecule has 0 bridgehead atoms. The Morgan fingerprint density at radius 3 is 2.59 bits per heavy atom. The van der Waals surface area contributed by atoms with Crippen LogP contribution in [-0.4, -0.2) is 11.0 Å². The zero-order valence-corrected chi connectivity index (χ0v) is 11.7. The maximum Gasteiger partial charge on any atom is 0.283 e. The molecule has 1 aromatic rings. The number of nitro groups is 1. The fourth-order valence-electron chi connectivity index (χ4n) is 1.21. The molecule has 0 saturated heterocycles. The molecule has 0 aliphatic rings. The summed E-state index contributed by atoms with van der Waals surface area (Å²) in [6.07, 6.45) is 0.137. The second-order valence-corrected chi connectivity index (χ2v) is 5.16. The Morgan fingerprint density at radius 2 is 2.06 bits per heavy atom. The Bertz CT molecular complexity index is 407. The van der Waals surface area contributed by atoms with Gasteiger partial charge in [0.05, 0.1) is 22.1 Å². The van der Waals surface area contributed by atoms with Crippen LogP contribution in [0.25, 0.3) is 0 Å². The highest BCUT2D eigenvalue weighted by atomic mass is 79.9. The lowest BCUT2D eigenvalue weighted by molar-refractivity contribution is -0.385. The maximum atomic E-state index is 10.8. The van der Waals surface area contributed by atoms with Gasteiger partial charge in [-0.2, -0.15) is 0 Å². The summed E-state index contributed by atoms with van der Waals surface area (Å²) >= 11 is 3.15. The van der Waals surface area contributed by atoms with Gasteiger partial charge in [-0.3, -0.25) is 10.1 Å². The van der Waals surface area contributed by atoms with Gasteiger partial charge in [-0.05, 0) is 40.4 Å². The van der Waals surface area contributed by atoms with Crippen LogP contribution in [0.4, 0.5) is 5.69 Å². The van der Waals surface area contributed by atoms with Crippen molar-refractivity contribution in [3.8, 4) is 0 Å². The normalized spacial score (nSPS) is 12.8. The summed E-state index contributed by atoms with van der Waals surface area (Å²) in [4.78, 5) is 10.4. The predicted molar refractivity (Wildman–Crippen MR) is 69.9 cm³/mol. The van der Waals surface area contributed by atoms with Crippen LogP contribution >= 0.6 is 15.9 Å². The van der Waals surface area contributed by atoms with Gasteiger partial charge in [-0.25, -0.2) is 0 Å². The molecule has 1 atom stereocenters. The summed E-state index contributed by atoms with van der Waals surface area (Å²) in [7, 11) is 0. The Balaban J connectivity index is 2.73. The van der Waals surface area contributed by atoms with Crippen LogP contribution in [0.2, 0.25) is 0 Å². The van der Waals surface area contributed by atoms with Crippen LogP contribution in [-0.2, 0) is 11.3 Å². The molecule has 0 amide bonds. The van der Waals surface area contributed by atoms with Crippen molar-refractivity contribution in [2.24, 2.45) is 5.92 Å². The fourth-order valence-corrected chi connectivity index (χ4v) is 1.60. The van der Waals surface area contributed by atoms with Crippen LogP contribution in [0, 0.1) is 16.0 Å². The van der Waals surface area contributed by atoms with E-state index < -0.39 is 4.92 Å². The first-order valence-electron chi connectivity index (χ1n) is 5.46. The van der Waals surface area contributed by atoms with E-state index in [9.17, 15) is 10.1 Å². The van der Waals surface area contributed by atoms with E-state index in [0.29, 0.717) is 17.0 Å². The molecule has 1 aromatic carbocycles. The molecule has 0 heterocycles. The molecule has 94 valence electrons. The van der Waals surface area contributed by atoms with Gasteiger partial charge in [0.1, 0.15) is 0 Å². The van der Waals surface area contributed by atoms with Gasteiger partial charge in [-0.15, -0.1) is 0 Å². The molecule has 5 heteroatoms. The lowest BCUT2D eigenvalue weighted by Crippen LogP contribution is -2.15. The molecular formula is C12H16BrNO3. The predicted octanol–water partition coefficient (Wildman–Crippen LogP) is 3.92. The van der Waals surface area contributed by atoms with Gasteiger partial charge >= 0.3 is 0 Å². The largest absolute Gasteiger partial charge is 0.374 e. The number of halogens is 1. The Kier molecular flexibility index (Phi) is 5.08. The second kappa shape index (κ2) is 6.12. The van der Waals surface area contributed by atoms with Crippen molar-refractivity contribution in [2.45, 2.75) is 33.5 Å². The third-order valence-electron chi connectivity index (χ3n) is 2.66. The molecule has 0 saturated carbocycles. The molecule has 1 unspecified atom stereocenters. The van der Waals surface area contributed by atoms with Crippen molar-refractivity contribution in [1.29, 1.82) is 0 Å². The Labute approximate surface area is 109 Å². The summed E-state index contributed by atoms with van der Waals surface area (Å²) in [5.41, 5.74) is 0.885. The van der Waals surface area contributed by atoms with E-state index in [-0.39, 0.29) is 11.8 Å². The standard InChI is InChI=1S/C12H16BrNO3/c1-8(2)9(3)17-7-10-4-5-11(13)12(6-10)14(15)16/h4-6,8-9H,7H2,1-3H3. The molecular weight excluding hydrogens is 286 g/mol. The zero-order valence-electron chi connectivity index (χ0n) is 10.1. The number of nitro benzene ring substituents is 1. The third-order valence-corrected chi connectivity index (χ3v) is 3.33. The number of hydrogen-bond acceptors (Lipinski definition) is 3. The van der Waals surface area contributed by atoms with Gasteiger partial charge in [0, 0.05) is 6.07 Å². The van der Waals surface area contributed by atoms with E-state index >= 15 is 0 Å². The summed E-state index contributed by atoms with van der Waals surface area (Å²) in [5, 5.41) is 10.8. The average molecular weight is 302 g/mol. The number of benzene rings is 1. The van der Waals surface area contributed by atoms with E-state index in [1.807, 2.05) is 13.0 Å². The highest BCUT2D eigenvalue weighted by Crippen LogP contribution is 2.26. The van der Waals surface area contributed by atoms with Gasteiger partial charge in [-0.1, -0.05) is 19.9 Å². The minimum absolute atomic E-state index is 0.0725. The highest BCUT2D eigenvalue weighted by molar-refractivity contribution is 9.10. The third kappa shape index (κ3) is 4.09. The summed E-state index contributed by atoms with van der Waals surface area (Å²) in [5.74, 6) is 0.431. The van der Waals surface area contributed by atoms with E-state index in [4.69, 9.17) is 4.74 Å². The number of hydrogen-bond donors (Lipinski definition) is 0. The maximum absolute atomic E-state index is 10.8. The van der Waals surface area contributed by atoms with Crippen LogP contribution in [0.5, 0.6) is 0 Å². The topological polar surface area (TPSA) is 52.4 Å². The first-order chi connectivity index (χ1) is 7.91. The van der Waals surface area contributed by atoms with E-state index in [0.717, 1.165) is 5.56 Å². The van der Waals surface area contributed by atoms with Crippen molar-refractivity contribution in [1.82, 2.24) is 0 Å². The average Bonchev–Trinajstić information content (AvgIpc) is 2.26. The molecule has 1 rings (SSSR count). The molecule has 0 N–H and O–H groups in total. The van der Waals surface area contributed by atoms with Gasteiger partial charge in [0.25, 0.3) is 5.69 Å². The fraction of sp³-hybridized carbons (Fsp3) is 0.500. The Hall–Kier alpha value is -0.940. The quantitative estimate of drug-likeness (QED) is 0.612. The highest BCUT2D eigenvalue weighted by Gasteiger charge is 2.13. The van der Waals surface area contributed by atoms with Gasteiger partial charge < -0.3 is 4.74 Å². The summed E-state index contributed by atoms with van der Waals surface area (Å²) in [6, 6.07) is 5.04.